The second-order valence-corrected chi connectivity index (χ2v) is 5.41. The molecule has 5 heteroatoms. The molecule has 0 radical (unpaired) electrons. The molecule has 2 rings (SSSR count). The molecule has 100 valence electrons. The predicted molar refractivity (Wildman–Crippen MR) is 73.3 cm³/mol. The van der Waals surface area contributed by atoms with Crippen molar-refractivity contribution in [2.75, 3.05) is 25.1 Å². The summed E-state index contributed by atoms with van der Waals surface area (Å²) in [5, 5.41) is 8.75. The van der Waals surface area contributed by atoms with Crippen molar-refractivity contribution in [1.82, 2.24) is 10.2 Å². The third-order valence-electron chi connectivity index (χ3n) is 3.93. The predicted octanol–water partition coefficient (Wildman–Crippen LogP) is 2.61. The van der Waals surface area contributed by atoms with E-state index < -0.39 is 0 Å². The van der Waals surface area contributed by atoms with Crippen molar-refractivity contribution in [2.24, 2.45) is 5.92 Å². The van der Waals surface area contributed by atoms with Gasteiger partial charge < -0.3 is 9.64 Å². The Labute approximate surface area is 113 Å². The van der Waals surface area contributed by atoms with Crippen molar-refractivity contribution in [2.45, 2.75) is 33.3 Å². The maximum Gasteiger partial charge on any atom is 0.155 e. The largest absolute Gasteiger partial charge is 0.379 e. The highest BCUT2D eigenvalue weighted by Crippen LogP contribution is 2.28. The van der Waals surface area contributed by atoms with Crippen molar-refractivity contribution in [1.29, 1.82) is 0 Å². The lowest BCUT2D eigenvalue weighted by atomic mass is 9.95. The second kappa shape index (κ2) is 5.41. The Balaban J connectivity index is 2.25. The van der Waals surface area contributed by atoms with Crippen molar-refractivity contribution < 1.29 is 4.74 Å². The molecule has 0 saturated carbocycles. The molecule has 1 fully saturated rings. The first-order valence-electron chi connectivity index (χ1n) is 6.31. The summed E-state index contributed by atoms with van der Waals surface area (Å²) in [7, 11) is 1.77. The molecule has 0 bridgehead atoms. The summed E-state index contributed by atoms with van der Waals surface area (Å²) in [4.78, 5) is 2.25. The van der Waals surface area contributed by atoms with E-state index in [0.717, 1.165) is 36.5 Å². The molecule has 2 heterocycles. The van der Waals surface area contributed by atoms with Gasteiger partial charge in [0, 0.05) is 20.2 Å². The summed E-state index contributed by atoms with van der Waals surface area (Å²) in [5.74, 6) is 1.53. The molecule has 4 nitrogen and oxygen atoms in total. The maximum absolute atomic E-state index is 5.99. The van der Waals surface area contributed by atoms with Gasteiger partial charge in [-0.1, -0.05) is 18.5 Å². The van der Waals surface area contributed by atoms with Gasteiger partial charge >= 0.3 is 0 Å². The summed E-state index contributed by atoms with van der Waals surface area (Å²) < 4.78 is 5.53. The van der Waals surface area contributed by atoms with Crippen molar-refractivity contribution in [3.63, 3.8) is 0 Å². The van der Waals surface area contributed by atoms with Crippen LogP contribution in [0, 0.1) is 19.8 Å². The molecule has 0 amide bonds. The molecule has 1 aromatic rings. The monoisotopic (exact) mass is 269 g/mol. The van der Waals surface area contributed by atoms with E-state index in [4.69, 9.17) is 16.3 Å². The molecule has 0 spiro atoms. The van der Waals surface area contributed by atoms with Crippen molar-refractivity contribution >= 4 is 17.4 Å². The number of ether oxygens (including phenoxy) is 1. The number of rotatable bonds is 2. The van der Waals surface area contributed by atoms with Gasteiger partial charge in [-0.25, -0.2) is 0 Å². The van der Waals surface area contributed by atoms with E-state index in [1.54, 1.807) is 7.11 Å². The number of halogens is 1. The summed E-state index contributed by atoms with van der Waals surface area (Å²) in [6.07, 6.45) is 1.37. The van der Waals surface area contributed by atoms with Crippen LogP contribution in [-0.4, -0.2) is 36.5 Å². The molecule has 18 heavy (non-hydrogen) atoms. The standard InChI is InChI=1S/C13H20ClN3O/c1-8-5-6-17(7-11(8)18-4)13-10(3)9(2)12(14)15-16-13/h8,11H,5-7H2,1-4H3. The fourth-order valence-corrected chi connectivity index (χ4v) is 2.58. The first-order valence-corrected chi connectivity index (χ1v) is 6.69. The van der Waals surface area contributed by atoms with E-state index in [1.807, 2.05) is 13.8 Å². The molecule has 0 N–H and O–H groups in total. The zero-order chi connectivity index (χ0) is 13.3. The molecule has 2 atom stereocenters. The zero-order valence-corrected chi connectivity index (χ0v) is 12.2. The average Bonchev–Trinajstić information content (AvgIpc) is 2.37. The van der Waals surface area contributed by atoms with Gasteiger partial charge in [-0.15, -0.1) is 10.2 Å². The summed E-state index contributed by atoms with van der Waals surface area (Å²) >= 11 is 5.99. The number of piperidine rings is 1. The van der Waals surface area contributed by atoms with E-state index in [-0.39, 0.29) is 6.10 Å². The van der Waals surface area contributed by atoms with Crippen LogP contribution in [0.2, 0.25) is 5.15 Å². The van der Waals surface area contributed by atoms with Crippen LogP contribution in [-0.2, 0) is 4.74 Å². The molecule has 1 aliphatic heterocycles. The third-order valence-corrected chi connectivity index (χ3v) is 4.29. The van der Waals surface area contributed by atoms with E-state index in [2.05, 4.69) is 22.0 Å². The Morgan fingerprint density at radius 3 is 2.67 bits per heavy atom. The molecule has 1 aliphatic rings. The van der Waals surface area contributed by atoms with E-state index in [9.17, 15) is 0 Å². The number of aromatic nitrogens is 2. The second-order valence-electron chi connectivity index (χ2n) is 5.05. The fraction of sp³-hybridized carbons (Fsp3) is 0.692. The number of methoxy groups -OCH3 is 1. The number of hydrogen-bond donors (Lipinski definition) is 0. The van der Waals surface area contributed by atoms with Gasteiger partial charge in [0.15, 0.2) is 11.0 Å². The van der Waals surface area contributed by atoms with Crippen LogP contribution < -0.4 is 4.90 Å². The number of hydrogen-bond acceptors (Lipinski definition) is 4. The van der Waals surface area contributed by atoms with Gasteiger partial charge in [0.25, 0.3) is 0 Å². The molecule has 0 aliphatic carbocycles. The highest BCUT2D eigenvalue weighted by atomic mass is 35.5. The van der Waals surface area contributed by atoms with Crippen LogP contribution in [0.5, 0.6) is 0 Å². The smallest absolute Gasteiger partial charge is 0.155 e. The average molecular weight is 270 g/mol. The Kier molecular flexibility index (Phi) is 4.07. The van der Waals surface area contributed by atoms with Gasteiger partial charge in [0.05, 0.1) is 6.10 Å². The zero-order valence-electron chi connectivity index (χ0n) is 11.4. The molecule has 2 unspecified atom stereocenters. The van der Waals surface area contributed by atoms with Gasteiger partial charge in [0.1, 0.15) is 0 Å². The van der Waals surface area contributed by atoms with Crippen molar-refractivity contribution in [3.8, 4) is 0 Å². The van der Waals surface area contributed by atoms with Crippen LogP contribution in [0.25, 0.3) is 0 Å². The topological polar surface area (TPSA) is 38.2 Å². The van der Waals surface area contributed by atoms with Gasteiger partial charge in [-0.05, 0) is 37.3 Å². The van der Waals surface area contributed by atoms with E-state index in [1.165, 1.54) is 0 Å². The molecule has 0 aromatic carbocycles. The maximum atomic E-state index is 5.99. The lowest BCUT2D eigenvalue weighted by Crippen LogP contribution is -2.44. The molecule has 1 aromatic heterocycles. The minimum atomic E-state index is 0.260. The quantitative estimate of drug-likeness (QED) is 0.827. The number of nitrogens with zero attached hydrogens (tertiary/aromatic N) is 3. The Morgan fingerprint density at radius 1 is 1.28 bits per heavy atom. The van der Waals surface area contributed by atoms with Crippen LogP contribution >= 0.6 is 11.6 Å². The number of anilines is 1. The minimum absolute atomic E-state index is 0.260. The molecular weight excluding hydrogens is 250 g/mol. The van der Waals surface area contributed by atoms with Crippen molar-refractivity contribution in [3.05, 3.63) is 16.3 Å². The SMILES string of the molecule is COC1CN(c2nnc(Cl)c(C)c2C)CCC1C. The van der Waals surface area contributed by atoms with Gasteiger partial charge in [-0.3, -0.25) is 0 Å². The Morgan fingerprint density at radius 2 is 2.00 bits per heavy atom. The Hall–Kier alpha value is -0.870. The summed E-state index contributed by atoms with van der Waals surface area (Å²) in [6.45, 7) is 8.13. The van der Waals surface area contributed by atoms with Crippen LogP contribution in [0.4, 0.5) is 5.82 Å². The minimum Gasteiger partial charge on any atom is -0.379 e. The van der Waals surface area contributed by atoms with Crippen LogP contribution in [0.3, 0.4) is 0 Å². The summed E-state index contributed by atoms with van der Waals surface area (Å²) in [6, 6.07) is 0. The normalized spacial score (nSPS) is 24.4. The van der Waals surface area contributed by atoms with Crippen LogP contribution in [0.15, 0.2) is 0 Å². The fourth-order valence-electron chi connectivity index (χ4n) is 2.40. The first-order chi connectivity index (χ1) is 8.54. The highest BCUT2D eigenvalue weighted by Gasteiger charge is 2.28. The van der Waals surface area contributed by atoms with E-state index in [0.29, 0.717) is 11.1 Å². The summed E-state index contributed by atoms with van der Waals surface area (Å²) in [5.41, 5.74) is 2.12. The van der Waals surface area contributed by atoms with E-state index >= 15 is 0 Å². The first kappa shape index (κ1) is 13.6. The third kappa shape index (κ3) is 2.45. The lowest BCUT2D eigenvalue weighted by Gasteiger charge is -2.37. The highest BCUT2D eigenvalue weighted by molar-refractivity contribution is 6.30. The van der Waals surface area contributed by atoms with Gasteiger partial charge in [0.2, 0.25) is 0 Å². The molecular formula is C13H20ClN3O. The Bertz CT molecular complexity index is 438. The lowest BCUT2D eigenvalue weighted by molar-refractivity contribution is 0.0496. The van der Waals surface area contributed by atoms with Gasteiger partial charge in [-0.2, -0.15) is 0 Å². The van der Waals surface area contributed by atoms with Crippen LogP contribution in [0.1, 0.15) is 24.5 Å². The molecule has 1 saturated heterocycles.